The van der Waals surface area contributed by atoms with E-state index in [0.29, 0.717) is 0 Å². The van der Waals surface area contributed by atoms with Gasteiger partial charge in [0.2, 0.25) is 11.8 Å². The molecule has 2 amide bonds. The van der Waals surface area contributed by atoms with Crippen LogP contribution in [0, 0.1) is 0 Å². The minimum absolute atomic E-state index is 0.0770. The second kappa shape index (κ2) is 31.5. The highest BCUT2D eigenvalue weighted by Crippen LogP contribution is 2.15. The number of unbranched alkanes of at least 4 members (excludes halogenated alkanes) is 26. The maximum atomic E-state index is 12.5. The molecule has 0 saturated carbocycles. The average molecular weight is 551 g/mol. The van der Waals surface area contributed by atoms with Crippen molar-refractivity contribution in [2.75, 3.05) is 13.1 Å². The minimum atomic E-state index is -0.507. The zero-order valence-corrected chi connectivity index (χ0v) is 26.8. The van der Waals surface area contributed by atoms with Crippen LogP contribution in [0.25, 0.3) is 0 Å². The predicted molar refractivity (Wildman–Crippen MR) is 171 cm³/mol. The smallest absolute Gasteiger partial charge is 0.231 e. The Hall–Kier alpha value is -1.06. The van der Waals surface area contributed by atoms with Crippen LogP contribution in [0.15, 0.2) is 0 Å². The third-order valence-electron chi connectivity index (χ3n) is 8.24. The summed E-state index contributed by atoms with van der Waals surface area (Å²) < 4.78 is 0. The van der Waals surface area contributed by atoms with Crippen LogP contribution in [-0.4, -0.2) is 29.8 Å². The van der Waals surface area contributed by atoms with Gasteiger partial charge in [0.05, 0.1) is 0 Å². The Morgan fingerprint density at radius 1 is 0.410 bits per heavy atom. The number of nitrogens with two attached hydrogens (primary N) is 1. The van der Waals surface area contributed by atoms with E-state index in [4.69, 9.17) is 5.73 Å². The molecule has 0 aliphatic carbocycles. The molecule has 2 N–H and O–H groups in total. The van der Waals surface area contributed by atoms with Crippen LogP contribution >= 0.6 is 0 Å². The molecule has 39 heavy (non-hydrogen) atoms. The van der Waals surface area contributed by atoms with Gasteiger partial charge in [-0.25, -0.2) is 0 Å². The van der Waals surface area contributed by atoms with Gasteiger partial charge in [-0.05, 0) is 12.8 Å². The highest BCUT2D eigenvalue weighted by atomic mass is 16.2. The first kappa shape index (κ1) is 37.9. The van der Waals surface area contributed by atoms with Crippen molar-refractivity contribution in [3.63, 3.8) is 0 Å². The van der Waals surface area contributed by atoms with E-state index in [1.54, 1.807) is 0 Å². The fraction of sp³-hybridized carbons (Fsp3) is 0.943. The number of primary amides is 1. The van der Waals surface area contributed by atoms with E-state index in [9.17, 15) is 9.59 Å². The lowest BCUT2D eigenvalue weighted by Gasteiger charge is -2.22. The second-order valence-electron chi connectivity index (χ2n) is 12.2. The molecule has 4 heteroatoms. The van der Waals surface area contributed by atoms with Gasteiger partial charge in [0, 0.05) is 13.1 Å². The summed E-state index contributed by atoms with van der Waals surface area (Å²) in [4.78, 5) is 25.7. The van der Waals surface area contributed by atoms with Crippen molar-refractivity contribution in [2.24, 2.45) is 5.73 Å². The lowest BCUT2D eigenvalue weighted by molar-refractivity contribution is -0.135. The molecule has 0 fully saturated rings. The van der Waals surface area contributed by atoms with Crippen molar-refractivity contribution in [3.8, 4) is 0 Å². The highest BCUT2D eigenvalue weighted by Gasteiger charge is 2.15. The summed E-state index contributed by atoms with van der Waals surface area (Å²) in [5.74, 6) is -0.584. The Morgan fingerprint density at radius 3 is 0.872 bits per heavy atom. The summed E-state index contributed by atoms with van der Waals surface area (Å²) in [6, 6.07) is 0. The fourth-order valence-corrected chi connectivity index (χ4v) is 5.62. The Kier molecular flexibility index (Phi) is 30.6. The Labute approximate surface area is 245 Å². The Morgan fingerprint density at radius 2 is 0.641 bits per heavy atom. The van der Waals surface area contributed by atoms with E-state index in [-0.39, 0.29) is 12.3 Å². The van der Waals surface area contributed by atoms with Crippen LogP contribution in [0.5, 0.6) is 0 Å². The molecule has 0 unspecified atom stereocenters. The molecule has 0 aromatic rings. The van der Waals surface area contributed by atoms with Gasteiger partial charge in [0.15, 0.2) is 0 Å². The molecule has 0 aliphatic heterocycles. The van der Waals surface area contributed by atoms with Crippen LogP contribution in [0.2, 0.25) is 0 Å². The van der Waals surface area contributed by atoms with Crippen LogP contribution in [0.4, 0.5) is 0 Å². The van der Waals surface area contributed by atoms with Crippen molar-refractivity contribution in [2.45, 2.75) is 200 Å². The van der Waals surface area contributed by atoms with E-state index in [1.165, 1.54) is 167 Å². The first-order chi connectivity index (χ1) is 19.1. The molecule has 0 spiro atoms. The van der Waals surface area contributed by atoms with Gasteiger partial charge in [-0.15, -0.1) is 0 Å². The Bertz CT molecular complexity index is 491. The van der Waals surface area contributed by atoms with Crippen LogP contribution in [0.1, 0.15) is 200 Å². The zero-order chi connectivity index (χ0) is 28.7. The third-order valence-corrected chi connectivity index (χ3v) is 8.24. The molecule has 0 aliphatic rings. The molecule has 0 bridgehead atoms. The molecule has 0 aromatic heterocycles. The summed E-state index contributed by atoms with van der Waals surface area (Å²) in [6.07, 6.45) is 37.3. The van der Waals surface area contributed by atoms with E-state index >= 15 is 0 Å². The molecular weight excluding hydrogens is 480 g/mol. The van der Waals surface area contributed by atoms with Gasteiger partial charge >= 0.3 is 0 Å². The number of rotatable bonds is 32. The predicted octanol–water partition coefficient (Wildman–Crippen LogP) is 10.7. The summed E-state index contributed by atoms with van der Waals surface area (Å²) in [7, 11) is 0. The topological polar surface area (TPSA) is 63.4 Å². The Balaban J connectivity index is 3.72. The average Bonchev–Trinajstić information content (AvgIpc) is 2.91. The van der Waals surface area contributed by atoms with Gasteiger partial charge < -0.3 is 10.6 Å². The number of nitrogens with zero attached hydrogens (tertiary/aromatic N) is 1. The monoisotopic (exact) mass is 551 g/mol. The SMILES string of the molecule is CCCCCCCCCCCCCCCCN(CCCCCCCCCCCCCCCC)C(=O)CC(N)=O. The van der Waals surface area contributed by atoms with Crippen molar-refractivity contribution >= 4 is 11.8 Å². The van der Waals surface area contributed by atoms with Crippen molar-refractivity contribution in [1.82, 2.24) is 4.90 Å². The van der Waals surface area contributed by atoms with Crippen LogP contribution in [0.3, 0.4) is 0 Å². The first-order valence-electron chi connectivity index (χ1n) is 17.7. The number of hydrogen-bond donors (Lipinski definition) is 1. The lowest BCUT2D eigenvalue weighted by atomic mass is 10.0. The maximum Gasteiger partial charge on any atom is 0.231 e. The number of carbonyl (C=O) groups is 2. The molecule has 0 aromatic carbocycles. The largest absolute Gasteiger partial charge is 0.369 e. The molecule has 0 rings (SSSR count). The molecule has 0 heterocycles. The van der Waals surface area contributed by atoms with Crippen molar-refractivity contribution in [3.05, 3.63) is 0 Å². The third kappa shape index (κ3) is 29.7. The van der Waals surface area contributed by atoms with Gasteiger partial charge in [-0.3, -0.25) is 9.59 Å². The number of amides is 2. The summed E-state index contributed by atoms with van der Waals surface area (Å²) in [6.45, 7) is 6.12. The van der Waals surface area contributed by atoms with Crippen molar-refractivity contribution < 1.29 is 9.59 Å². The lowest BCUT2D eigenvalue weighted by Crippen LogP contribution is -2.35. The van der Waals surface area contributed by atoms with Crippen LogP contribution < -0.4 is 5.73 Å². The van der Waals surface area contributed by atoms with E-state index in [2.05, 4.69) is 13.8 Å². The van der Waals surface area contributed by atoms with Gasteiger partial charge in [0.25, 0.3) is 0 Å². The molecular formula is C35H70N2O2. The first-order valence-corrected chi connectivity index (χ1v) is 17.7. The fourth-order valence-electron chi connectivity index (χ4n) is 5.62. The van der Waals surface area contributed by atoms with E-state index < -0.39 is 5.91 Å². The summed E-state index contributed by atoms with van der Waals surface area (Å²) in [5, 5.41) is 0. The summed E-state index contributed by atoms with van der Waals surface area (Å²) >= 11 is 0. The van der Waals surface area contributed by atoms with Gasteiger partial charge in [0.1, 0.15) is 6.42 Å². The molecule has 0 atom stereocenters. The van der Waals surface area contributed by atoms with Crippen LogP contribution in [-0.2, 0) is 9.59 Å². The van der Waals surface area contributed by atoms with E-state index in [0.717, 1.165) is 25.9 Å². The minimum Gasteiger partial charge on any atom is -0.369 e. The normalized spacial score (nSPS) is 11.2. The molecule has 4 nitrogen and oxygen atoms in total. The number of hydrogen-bond acceptors (Lipinski definition) is 2. The standard InChI is InChI=1S/C35H70N2O2/c1-3-5-7-9-11-13-15-17-19-21-23-25-27-29-31-37(35(39)33-34(36)38)32-30-28-26-24-22-20-18-16-14-12-10-8-6-4-2/h3-33H2,1-2H3,(H2,36,38). The second-order valence-corrected chi connectivity index (χ2v) is 12.2. The zero-order valence-electron chi connectivity index (χ0n) is 26.8. The van der Waals surface area contributed by atoms with E-state index in [1.807, 2.05) is 4.90 Å². The quantitative estimate of drug-likeness (QED) is 0.0668. The molecule has 232 valence electrons. The van der Waals surface area contributed by atoms with Crippen molar-refractivity contribution in [1.29, 1.82) is 0 Å². The maximum absolute atomic E-state index is 12.5. The highest BCUT2D eigenvalue weighted by molar-refractivity contribution is 5.96. The van der Waals surface area contributed by atoms with Gasteiger partial charge in [-0.2, -0.15) is 0 Å². The number of carbonyl (C=O) groups excluding carboxylic acids is 2. The molecule has 0 radical (unpaired) electrons. The van der Waals surface area contributed by atoms with Gasteiger partial charge in [-0.1, -0.05) is 181 Å². The molecule has 0 saturated heterocycles. The summed E-state index contributed by atoms with van der Waals surface area (Å²) in [5.41, 5.74) is 5.31.